The normalized spacial score (nSPS) is 18.7. The van der Waals surface area contributed by atoms with Gasteiger partial charge in [-0.05, 0) is 36.3 Å². The van der Waals surface area contributed by atoms with E-state index in [-0.39, 0.29) is 0 Å². The number of hydrogen-bond donors (Lipinski definition) is 1. The number of nitrogens with one attached hydrogen (secondary N) is 1. The largest absolute Gasteiger partial charge is 0.314 e. The van der Waals surface area contributed by atoms with Gasteiger partial charge in [0.05, 0.1) is 0 Å². The van der Waals surface area contributed by atoms with Crippen molar-refractivity contribution in [1.82, 2.24) is 10.2 Å². The van der Waals surface area contributed by atoms with E-state index in [9.17, 15) is 0 Å². The lowest BCUT2D eigenvalue weighted by Crippen LogP contribution is -2.45. The Bertz CT molecular complexity index is 369. The summed E-state index contributed by atoms with van der Waals surface area (Å²) in [6.07, 6.45) is 3.38. The summed E-state index contributed by atoms with van der Waals surface area (Å²) in [5, 5.41) is 3.45. The van der Waals surface area contributed by atoms with Crippen molar-refractivity contribution in [3.63, 3.8) is 0 Å². The minimum absolute atomic E-state index is 0.581. The van der Waals surface area contributed by atoms with Crippen LogP contribution in [0.3, 0.4) is 0 Å². The van der Waals surface area contributed by atoms with Crippen molar-refractivity contribution < 1.29 is 0 Å². The molecule has 1 heterocycles. The van der Waals surface area contributed by atoms with Crippen LogP contribution in [0.1, 0.15) is 31.9 Å². The minimum Gasteiger partial charge on any atom is -0.314 e. The molecule has 0 unspecified atom stereocenters. The van der Waals surface area contributed by atoms with Crippen LogP contribution in [-0.4, -0.2) is 37.3 Å². The van der Waals surface area contributed by atoms with Crippen LogP contribution in [0.2, 0.25) is 0 Å². The van der Waals surface area contributed by atoms with Crippen LogP contribution in [0.5, 0.6) is 0 Å². The van der Waals surface area contributed by atoms with Crippen molar-refractivity contribution in [2.75, 3.05) is 32.4 Å². The van der Waals surface area contributed by atoms with Gasteiger partial charge in [-0.1, -0.05) is 26.0 Å². The van der Waals surface area contributed by atoms with E-state index in [1.165, 1.54) is 30.0 Å². The van der Waals surface area contributed by atoms with Gasteiger partial charge in [-0.3, -0.25) is 4.90 Å². The van der Waals surface area contributed by atoms with Gasteiger partial charge in [-0.15, -0.1) is 11.8 Å². The molecule has 0 saturated carbocycles. The fourth-order valence-electron chi connectivity index (χ4n) is 2.76. The lowest BCUT2D eigenvalue weighted by molar-refractivity contribution is 0.154. The molecule has 1 aliphatic rings. The van der Waals surface area contributed by atoms with Crippen LogP contribution in [0.25, 0.3) is 0 Å². The minimum atomic E-state index is 0.581. The van der Waals surface area contributed by atoms with E-state index < -0.39 is 0 Å². The lowest BCUT2D eigenvalue weighted by atomic mass is 9.95. The molecule has 19 heavy (non-hydrogen) atoms. The summed E-state index contributed by atoms with van der Waals surface area (Å²) in [5.74, 6) is 0.736. The van der Waals surface area contributed by atoms with E-state index in [0.717, 1.165) is 19.0 Å². The van der Waals surface area contributed by atoms with Crippen LogP contribution in [-0.2, 0) is 0 Å². The summed E-state index contributed by atoms with van der Waals surface area (Å²) in [6, 6.07) is 9.74. The Morgan fingerprint density at radius 1 is 1.16 bits per heavy atom. The summed E-state index contributed by atoms with van der Waals surface area (Å²) >= 11 is 1.82. The predicted molar refractivity (Wildman–Crippen MR) is 84.9 cm³/mol. The van der Waals surface area contributed by atoms with Gasteiger partial charge in [0.2, 0.25) is 0 Å². The highest BCUT2D eigenvalue weighted by molar-refractivity contribution is 7.98. The first kappa shape index (κ1) is 14.9. The second kappa shape index (κ2) is 7.32. The molecule has 1 atom stereocenters. The summed E-state index contributed by atoms with van der Waals surface area (Å²) in [4.78, 5) is 4.00. The maximum Gasteiger partial charge on any atom is 0.0351 e. The summed E-state index contributed by atoms with van der Waals surface area (Å²) in [5.41, 5.74) is 1.48. The first-order chi connectivity index (χ1) is 9.20. The standard InChI is InChI=1S/C16H26N2S/c1-13(2)12-16(18-10-8-17-9-11-18)14-4-6-15(19-3)7-5-14/h4-7,13,16-17H,8-12H2,1-3H3/t16-/m0/s1. The van der Waals surface area contributed by atoms with Crippen molar-refractivity contribution >= 4 is 11.8 Å². The van der Waals surface area contributed by atoms with Crippen LogP contribution in [0.15, 0.2) is 29.2 Å². The molecule has 1 N–H and O–H groups in total. The summed E-state index contributed by atoms with van der Waals surface area (Å²) in [6.45, 7) is 9.23. The van der Waals surface area contributed by atoms with Crippen molar-refractivity contribution in [2.24, 2.45) is 5.92 Å². The maximum absolute atomic E-state index is 3.45. The molecule has 1 saturated heterocycles. The highest BCUT2D eigenvalue weighted by atomic mass is 32.2. The third-order valence-electron chi connectivity index (χ3n) is 3.79. The highest BCUT2D eigenvalue weighted by Gasteiger charge is 2.22. The molecule has 1 aliphatic heterocycles. The molecule has 3 heteroatoms. The molecule has 0 spiro atoms. The fraction of sp³-hybridized carbons (Fsp3) is 0.625. The number of nitrogens with zero attached hydrogens (tertiary/aromatic N) is 1. The molecule has 0 radical (unpaired) electrons. The first-order valence-electron chi connectivity index (χ1n) is 7.29. The zero-order valence-corrected chi connectivity index (χ0v) is 13.2. The summed E-state index contributed by atoms with van der Waals surface area (Å²) < 4.78 is 0. The second-order valence-electron chi connectivity index (χ2n) is 5.70. The molecule has 0 bridgehead atoms. The van der Waals surface area contributed by atoms with E-state index in [2.05, 4.69) is 54.6 Å². The predicted octanol–water partition coefficient (Wildman–Crippen LogP) is 3.40. The third kappa shape index (κ3) is 4.23. The number of benzene rings is 1. The topological polar surface area (TPSA) is 15.3 Å². The molecule has 2 rings (SSSR count). The number of thioether (sulfide) groups is 1. The lowest BCUT2D eigenvalue weighted by Gasteiger charge is -2.36. The molecule has 2 nitrogen and oxygen atoms in total. The average molecular weight is 278 g/mol. The number of piperazine rings is 1. The Morgan fingerprint density at radius 2 is 1.79 bits per heavy atom. The molecule has 1 fully saturated rings. The quantitative estimate of drug-likeness (QED) is 0.831. The van der Waals surface area contributed by atoms with Gasteiger partial charge in [-0.25, -0.2) is 0 Å². The summed E-state index contributed by atoms with van der Waals surface area (Å²) in [7, 11) is 0. The zero-order chi connectivity index (χ0) is 13.7. The zero-order valence-electron chi connectivity index (χ0n) is 12.4. The molecule has 0 amide bonds. The molecular formula is C16H26N2S. The molecule has 1 aromatic rings. The van der Waals surface area contributed by atoms with Crippen LogP contribution in [0, 0.1) is 5.92 Å². The van der Waals surface area contributed by atoms with Gasteiger partial charge >= 0.3 is 0 Å². The van der Waals surface area contributed by atoms with Gasteiger partial charge in [0, 0.05) is 37.1 Å². The van der Waals surface area contributed by atoms with Gasteiger partial charge in [0.15, 0.2) is 0 Å². The van der Waals surface area contributed by atoms with E-state index in [1.54, 1.807) is 0 Å². The Morgan fingerprint density at radius 3 is 2.32 bits per heavy atom. The van der Waals surface area contributed by atoms with Gasteiger partial charge in [0.1, 0.15) is 0 Å². The van der Waals surface area contributed by atoms with E-state index in [4.69, 9.17) is 0 Å². The monoisotopic (exact) mass is 278 g/mol. The van der Waals surface area contributed by atoms with Gasteiger partial charge in [0.25, 0.3) is 0 Å². The van der Waals surface area contributed by atoms with E-state index in [0.29, 0.717) is 6.04 Å². The van der Waals surface area contributed by atoms with Crippen molar-refractivity contribution in [3.05, 3.63) is 29.8 Å². The van der Waals surface area contributed by atoms with Crippen molar-refractivity contribution in [3.8, 4) is 0 Å². The molecule has 0 aliphatic carbocycles. The van der Waals surface area contributed by atoms with Crippen LogP contribution < -0.4 is 5.32 Å². The fourth-order valence-corrected chi connectivity index (χ4v) is 3.17. The van der Waals surface area contributed by atoms with Gasteiger partial charge < -0.3 is 5.32 Å². The first-order valence-corrected chi connectivity index (χ1v) is 8.52. The maximum atomic E-state index is 3.45. The SMILES string of the molecule is CSc1ccc([C@H](CC(C)C)N2CCNCC2)cc1. The Hall–Kier alpha value is -0.510. The molecule has 1 aromatic carbocycles. The van der Waals surface area contributed by atoms with Crippen LogP contribution >= 0.6 is 11.8 Å². The number of rotatable bonds is 5. The van der Waals surface area contributed by atoms with Crippen molar-refractivity contribution in [1.29, 1.82) is 0 Å². The Labute approximate surface area is 122 Å². The second-order valence-corrected chi connectivity index (χ2v) is 6.58. The molecule has 0 aromatic heterocycles. The average Bonchev–Trinajstić information content (AvgIpc) is 2.46. The highest BCUT2D eigenvalue weighted by Crippen LogP contribution is 2.29. The third-order valence-corrected chi connectivity index (χ3v) is 4.53. The van der Waals surface area contributed by atoms with Crippen molar-refractivity contribution in [2.45, 2.75) is 31.2 Å². The Kier molecular flexibility index (Phi) is 5.74. The number of hydrogen-bond acceptors (Lipinski definition) is 3. The van der Waals surface area contributed by atoms with E-state index >= 15 is 0 Å². The molecule has 106 valence electrons. The van der Waals surface area contributed by atoms with Gasteiger partial charge in [-0.2, -0.15) is 0 Å². The Balaban J connectivity index is 2.14. The van der Waals surface area contributed by atoms with E-state index in [1.807, 2.05) is 11.8 Å². The molecular weight excluding hydrogens is 252 g/mol. The van der Waals surface area contributed by atoms with Crippen LogP contribution in [0.4, 0.5) is 0 Å². The smallest absolute Gasteiger partial charge is 0.0351 e.